The summed E-state index contributed by atoms with van der Waals surface area (Å²) in [6.07, 6.45) is 1.93. The Kier molecular flexibility index (Phi) is 4.05. The van der Waals surface area contributed by atoms with Crippen molar-refractivity contribution in [1.82, 2.24) is 15.5 Å². The molecule has 1 aliphatic heterocycles. The first-order valence-corrected chi connectivity index (χ1v) is 9.30. The minimum atomic E-state index is -0.188. The predicted molar refractivity (Wildman–Crippen MR) is 94.6 cm³/mol. The van der Waals surface area contributed by atoms with Crippen molar-refractivity contribution in [2.24, 2.45) is 0 Å². The zero-order chi connectivity index (χ0) is 15.7. The summed E-state index contributed by atoms with van der Waals surface area (Å²) < 4.78 is 6.77. The SMILES string of the molecule is Brc1csc(-c2noc(C3(c4ccccc4)CCNCC3)n2)c1. The molecule has 1 saturated heterocycles. The first kappa shape index (κ1) is 15.1. The first-order valence-electron chi connectivity index (χ1n) is 7.63. The number of hydrogen-bond donors (Lipinski definition) is 1. The van der Waals surface area contributed by atoms with Crippen LogP contribution in [0.15, 0.2) is 50.8 Å². The van der Waals surface area contributed by atoms with Crippen LogP contribution in [0.1, 0.15) is 24.3 Å². The van der Waals surface area contributed by atoms with E-state index in [9.17, 15) is 0 Å². The Morgan fingerprint density at radius 3 is 2.65 bits per heavy atom. The maximum atomic E-state index is 5.73. The highest BCUT2D eigenvalue weighted by atomic mass is 79.9. The monoisotopic (exact) mass is 389 g/mol. The summed E-state index contributed by atoms with van der Waals surface area (Å²) in [4.78, 5) is 5.77. The van der Waals surface area contributed by atoms with Crippen LogP contribution in [0.3, 0.4) is 0 Å². The molecule has 4 rings (SSSR count). The Labute approximate surface area is 147 Å². The molecule has 0 radical (unpaired) electrons. The molecule has 0 spiro atoms. The standard InChI is InChI=1S/C17H16BrN3OS/c18-13-10-14(23-11-13)15-20-16(22-21-15)17(6-8-19-9-7-17)12-4-2-1-3-5-12/h1-5,10-11,19H,6-9H2. The number of thiophene rings is 1. The van der Waals surface area contributed by atoms with Gasteiger partial charge in [-0.1, -0.05) is 35.5 Å². The molecule has 23 heavy (non-hydrogen) atoms. The summed E-state index contributed by atoms with van der Waals surface area (Å²) in [7, 11) is 0. The second-order valence-corrected chi connectivity index (χ2v) is 7.58. The van der Waals surface area contributed by atoms with Gasteiger partial charge in [0.2, 0.25) is 11.7 Å². The Morgan fingerprint density at radius 1 is 1.17 bits per heavy atom. The van der Waals surface area contributed by atoms with Crippen LogP contribution < -0.4 is 5.32 Å². The van der Waals surface area contributed by atoms with E-state index in [1.54, 1.807) is 11.3 Å². The van der Waals surface area contributed by atoms with Gasteiger partial charge in [-0.25, -0.2) is 0 Å². The number of nitrogens with zero attached hydrogens (tertiary/aromatic N) is 2. The molecule has 0 aliphatic carbocycles. The Hall–Kier alpha value is -1.50. The maximum Gasteiger partial charge on any atom is 0.237 e. The molecule has 0 unspecified atom stereocenters. The summed E-state index contributed by atoms with van der Waals surface area (Å²) in [6, 6.07) is 12.5. The third-order valence-corrected chi connectivity index (χ3v) is 6.09. The first-order chi connectivity index (χ1) is 11.3. The predicted octanol–water partition coefficient (Wildman–Crippen LogP) is 4.23. The van der Waals surface area contributed by atoms with Gasteiger partial charge >= 0.3 is 0 Å². The molecular weight excluding hydrogens is 374 g/mol. The lowest BCUT2D eigenvalue weighted by Gasteiger charge is -2.34. The number of rotatable bonds is 3. The molecule has 1 aromatic carbocycles. The van der Waals surface area contributed by atoms with Crippen molar-refractivity contribution >= 4 is 27.3 Å². The smallest absolute Gasteiger partial charge is 0.237 e. The second kappa shape index (κ2) is 6.19. The van der Waals surface area contributed by atoms with E-state index in [-0.39, 0.29) is 5.41 Å². The molecule has 0 saturated carbocycles. The topological polar surface area (TPSA) is 51.0 Å². The normalized spacial score (nSPS) is 17.3. The molecule has 1 aliphatic rings. The van der Waals surface area contributed by atoms with Gasteiger partial charge in [0, 0.05) is 9.85 Å². The summed E-state index contributed by atoms with van der Waals surface area (Å²) in [5, 5.41) is 9.69. The van der Waals surface area contributed by atoms with Gasteiger partial charge in [0.15, 0.2) is 0 Å². The fourth-order valence-corrected chi connectivity index (χ4v) is 4.54. The van der Waals surface area contributed by atoms with E-state index in [4.69, 9.17) is 9.51 Å². The van der Waals surface area contributed by atoms with E-state index >= 15 is 0 Å². The van der Waals surface area contributed by atoms with Gasteiger partial charge < -0.3 is 9.84 Å². The van der Waals surface area contributed by atoms with Gasteiger partial charge in [-0.15, -0.1) is 11.3 Å². The number of benzene rings is 1. The van der Waals surface area contributed by atoms with E-state index in [0.29, 0.717) is 5.82 Å². The van der Waals surface area contributed by atoms with Crippen molar-refractivity contribution in [2.75, 3.05) is 13.1 Å². The number of aromatic nitrogens is 2. The van der Waals surface area contributed by atoms with Crippen molar-refractivity contribution in [3.63, 3.8) is 0 Å². The van der Waals surface area contributed by atoms with Crippen molar-refractivity contribution in [1.29, 1.82) is 0 Å². The average Bonchev–Trinajstić information content (AvgIpc) is 3.25. The minimum Gasteiger partial charge on any atom is -0.338 e. The third kappa shape index (κ3) is 2.75. The maximum absolute atomic E-state index is 5.73. The van der Waals surface area contributed by atoms with Crippen LogP contribution in [0.5, 0.6) is 0 Å². The number of piperidine rings is 1. The van der Waals surface area contributed by atoms with E-state index in [1.807, 2.05) is 17.5 Å². The van der Waals surface area contributed by atoms with Crippen LogP contribution in [0.25, 0.3) is 10.7 Å². The second-order valence-electron chi connectivity index (χ2n) is 5.75. The lowest BCUT2D eigenvalue weighted by atomic mass is 9.73. The van der Waals surface area contributed by atoms with Crippen molar-refractivity contribution in [3.05, 3.63) is 57.7 Å². The fraction of sp³-hybridized carbons (Fsp3) is 0.294. The van der Waals surface area contributed by atoms with Crippen LogP contribution in [0.4, 0.5) is 0 Å². The van der Waals surface area contributed by atoms with Crippen molar-refractivity contribution < 1.29 is 4.52 Å². The number of nitrogens with one attached hydrogen (secondary N) is 1. The zero-order valence-electron chi connectivity index (χ0n) is 12.5. The van der Waals surface area contributed by atoms with Gasteiger partial charge in [0.1, 0.15) is 0 Å². The van der Waals surface area contributed by atoms with Crippen molar-refractivity contribution in [2.45, 2.75) is 18.3 Å². The fourth-order valence-electron chi connectivity index (χ4n) is 3.19. The molecule has 3 heterocycles. The Balaban J connectivity index is 1.77. The molecule has 3 aromatic rings. The molecule has 118 valence electrons. The summed E-state index contributed by atoms with van der Waals surface area (Å²) in [5.41, 5.74) is 1.07. The molecule has 6 heteroatoms. The molecule has 0 bridgehead atoms. The number of hydrogen-bond acceptors (Lipinski definition) is 5. The van der Waals surface area contributed by atoms with Crippen LogP contribution in [-0.4, -0.2) is 23.2 Å². The molecule has 1 fully saturated rings. The Morgan fingerprint density at radius 2 is 1.96 bits per heavy atom. The summed E-state index contributed by atoms with van der Waals surface area (Å²) in [5.74, 6) is 1.40. The zero-order valence-corrected chi connectivity index (χ0v) is 14.9. The molecule has 0 atom stereocenters. The van der Waals surface area contributed by atoms with E-state index in [0.717, 1.165) is 41.2 Å². The largest absolute Gasteiger partial charge is 0.338 e. The summed E-state index contributed by atoms with van der Waals surface area (Å²) >= 11 is 5.09. The van der Waals surface area contributed by atoms with Gasteiger partial charge in [-0.2, -0.15) is 4.98 Å². The third-order valence-electron chi connectivity index (χ3n) is 4.41. The highest BCUT2D eigenvalue weighted by Gasteiger charge is 2.41. The molecule has 4 nitrogen and oxygen atoms in total. The van der Waals surface area contributed by atoms with Crippen LogP contribution in [0.2, 0.25) is 0 Å². The van der Waals surface area contributed by atoms with Crippen molar-refractivity contribution in [3.8, 4) is 10.7 Å². The molecule has 1 N–H and O–H groups in total. The van der Waals surface area contributed by atoms with Gasteiger partial charge in [-0.3, -0.25) is 0 Å². The quantitative estimate of drug-likeness (QED) is 0.727. The lowest BCUT2D eigenvalue weighted by molar-refractivity contribution is 0.260. The van der Waals surface area contributed by atoms with Gasteiger partial charge in [0.05, 0.1) is 10.3 Å². The molecular formula is C17H16BrN3OS. The van der Waals surface area contributed by atoms with Gasteiger partial charge in [0.25, 0.3) is 0 Å². The molecule has 2 aromatic heterocycles. The van der Waals surface area contributed by atoms with E-state index in [2.05, 4.69) is 50.7 Å². The Bertz CT molecular complexity index is 793. The van der Waals surface area contributed by atoms with E-state index in [1.165, 1.54) is 5.56 Å². The minimum absolute atomic E-state index is 0.188. The highest BCUT2D eigenvalue weighted by molar-refractivity contribution is 9.10. The number of halogens is 1. The summed E-state index contributed by atoms with van der Waals surface area (Å²) in [6.45, 7) is 1.91. The van der Waals surface area contributed by atoms with Crippen LogP contribution in [-0.2, 0) is 5.41 Å². The van der Waals surface area contributed by atoms with Gasteiger partial charge in [-0.05, 0) is 53.5 Å². The molecule has 0 amide bonds. The van der Waals surface area contributed by atoms with Crippen LogP contribution >= 0.6 is 27.3 Å². The average molecular weight is 390 g/mol. The highest BCUT2D eigenvalue weighted by Crippen LogP contribution is 2.40. The van der Waals surface area contributed by atoms with Crippen LogP contribution in [0, 0.1) is 0 Å². The lowest BCUT2D eigenvalue weighted by Crippen LogP contribution is -2.41. The van der Waals surface area contributed by atoms with E-state index < -0.39 is 0 Å².